The largest absolute Gasteiger partial charge is 0.309 e. The lowest BCUT2D eigenvalue weighted by molar-refractivity contribution is 0.696. The Hall–Kier alpha value is -7.78. The number of rotatable bonds is 6. The minimum absolute atomic E-state index is 0.707. The molecule has 0 N–H and O–H groups in total. The van der Waals surface area contributed by atoms with Crippen molar-refractivity contribution in [3.05, 3.63) is 293 Å². The molecule has 1 aromatic heterocycles. The molecule has 0 unspecified atom stereocenters. The molecule has 64 heavy (non-hydrogen) atoms. The van der Waals surface area contributed by atoms with Crippen LogP contribution in [0.25, 0.3) is 42.4 Å². The third kappa shape index (κ3) is 5.12. The van der Waals surface area contributed by atoms with Crippen LogP contribution in [0.3, 0.4) is 0 Å². The van der Waals surface area contributed by atoms with Gasteiger partial charge in [-0.15, -0.1) is 11.3 Å². The number of benzene rings is 10. The molecule has 0 amide bonds. The first-order valence-corrected chi connectivity index (χ1v) is 23.0. The van der Waals surface area contributed by atoms with Gasteiger partial charge in [-0.2, -0.15) is 0 Å². The topological polar surface area (TPSA) is 3.24 Å². The number of thiophene rings is 1. The summed E-state index contributed by atoms with van der Waals surface area (Å²) in [6, 6.07) is 93.2. The Morgan fingerprint density at radius 3 is 1.20 bits per heavy atom. The molecule has 10 aromatic carbocycles. The van der Waals surface area contributed by atoms with Gasteiger partial charge < -0.3 is 4.90 Å². The molecule has 2 aliphatic rings. The quantitative estimate of drug-likeness (QED) is 0.161. The molecule has 3 heterocycles. The van der Waals surface area contributed by atoms with Crippen LogP contribution in [0.5, 0.6) is 0 Å². The molecular formula is C62H41NS. The molecule has 2 heteroatoms. The molecule has 0 atom stereocenters. The number of hydrogen-bond donors (Lipinski definition) is 0. The zero-order chi connectivity index (χ0) is 42.2. The van der Waals surface area contributed by atoms with E-state index in [0.717, 1.165) is 0 Å². The van der Waals surface area contributed by atoms with Gasteiger partial charge in [0, 0.05) is 25.7 Å². The summed E-state index contributed by atoms with van der Waals surface area (Å²) >= 11 is 1.93. The molecule has 0 bridgehead atoms. The molecule has 0 fully saturated rings. The van der Waals surface area contributed by atoms with Crippen LogP contribution >= 0.6 is 11.3 Å². The van der Waals surface area contributed by atoms with E-state index in [9.17, 15) is 0 Å². The molecule has 0 aliphatic carbocycles. The first kappa shape index (κ1) is 36.8. The summed E-state index contributed by atoms with van der Waals surface area (Å²) in [7, 11) is 0. The van der Waals surface area contributed by atoms with Gasteiger partial charge in [0.1, 0.15) is 0 Å². The van der Waals surface area contributed by atoms with E-state index in [-0.39, 0.29) is 0 Å². The fourth-order valence-electron chi connectivity index (χ4n) is 11.4. The van der Waals surface area contributed by atoms with E-state index < -0.39 is 10.8 Å². The maximum atomic E-state index is 2.65. The SMILES string of the molecule is c1ccc(-c2ccc3c(c2)C(c2ccccc2)(c2ccccc2)c2cc4c(sc5ccccc54)c4c2N3c2ccc(-c3ccccc3)cc2C4(c2ccccc2)c2ccccc2)cc1. The van der Waals surface area contributed by atoms with Crippen LogP contribution < -0.4 is 4.90 Å². The molecule has 0 radical (unpaired) electrons. The van der Waals surface area contributed by atoms with E-state index >= 15 is 0 Å². The third-order valence-electron chi connectivity index (χ3n) is 14.0. The fourth-order valence-corrected chi connectivity index (χ4v) is 12.6. The van der Waals surface area contributed by atoms with E-state index in [1.807, 2.05) is 11.3 Å². The first-order chi connectivity index (χ1) is 31.8. The van der Waals surface area contributed by atoms with Crippen molar-refractivity contribution in [3.63, 3.8) is 0 Å². The summed E-state index contributed by atoms with van der Waals surface area (Å²) in [5.74, 6) is 0. The molecule has 13 rings (SSSR count). The average Bonchev–Trinajstić information content (AvgIpc) is 3.76. The Morgan fingerprint density at radius 1 is 0.312 bits per heavy atom. The van der Waals surface area contributed by atoms with Gasteiger partial charge in [0.25, 0.3) is 0 Å². The van der Waals surface area contributed by atoms with Gasteiger partial charge in [0.05, 0.1) is 27.9 Å². The van der Waals surface area contributed by atoms with Gasteiger partial charge in [-0.1, -0.05) is 212 Å². The summed E-state index contributed by atoms with van der Waals surface area (Å²) in [6.07, 6.45) is 0. The smallest absolute Gasteiger partial charge is 0.0756 e. The van der Waals surface area contributed by atoms with Crippen molar-refractivity contribution in [1.29, 1.82) is 0 Å². The second-order valence-electron chi connectivity index (χ2n) is 17.1. The van der Waals surface area contributed by atoms with Gasteiger partial charge in [-0.25, -0.2) is 0 Å². The molecule has 0 saturated heterocycles. The van der Waals surface area contributed by atoms with Crippen LogP contribution in [0.4, 0.5) is 17.1 Å². The van der Waals surface area contributed by atoms with E-state index in [1.54, 1.807) is 0 Å². The van der Waals surface area contributed by atoms with Gasteiger partial charge in [0.2, 0.25) is 0 Å². The zero-order valence-corrected chi connectivity index (χ0v) is 35.8. The zero-order valence-electron chi connectivity index (χ0n) is 35.0. The number of hydrogen-bond acceptors (Lipinski definition) is 2. The van der Waals surface area contributed by atoms with Gasteiger partial charge in [0.15, 0.2) is 0 Å². The van der Waals surface area contributed by atoms with Crippen molar-refractivity contribution in [2.24, 2.45) is 0 Å². The van der Waals surface area contributed by atoms with Crippen LogP contribution in [-0.4, -0.2) is 0 Å². The minimum Gasteiger partial charge on any atom is -0.309 e. The fraction of sp³-hybridized carbons (Fsp3) is 0.0323. The average molecular weight is 832 g/mol. The molecule has 0 saturated carbocycles. The van der Waals surface area contributed by atoms with E-state index in [1.165, 1.54) is 104 Å². The van der Waals surface area contributed by atoms with Crippen molar-refractivity contribution >= 4 is 48.6 Å². The van der Waals surface area contributed by atoms with Crippen molar-refractivity contribution in [2.75, 3.05) is 4.90 Å². The van der Waals surface area contributed by atoms with E-state index in [4.69, 9.17) is 0 Å². The van der Waals surface area contributed by atoms with E-state index in [2.05, 4.69) is 254 Å². The molecule has 300 valence electrons. The van der Waals surface area contributed by atoms with Crippen LogP contribution in [0.2, 0.25) is 0 Å². The summed E-state index contributed by atoms with van der Waals surface area (Å²) in [5, 5.41) is 2.57. The summed E-state index contributed by atoms with van der Waals surface area (Å²) < 4.78 is 2.60. The molecule has 0 spiro atoms. The Bertz CT molecular complexity index is 3440. The number of anilines is 3. The molecule has 1 nitrogen and oxygen atoms in total. The highest BCUT2D eigenvalue weighted by Gasteiger charge is 2.55. The van der Waals surface area contributed by atoms with Crippen molar-refractivity contribution < 1.29 is 0 Å². The Balaban J connectivity index is 1.31. The lowest BCUT2D eigenvalue weighted by Crippen LogP contribution is -2.44. The predicted octanol–water partition coefficient (Wildman–Crippen LogP) is 16.3. The summed E-state index contributed by atoms with van der Waals surface area (Å²) in [5.41, 5.74) is 17.1. The molecule has 2 aliphatic heterocycles. The highest BCUT2D eigenvalue weighted by molar-refractivity contribution is 7.26. The Kier molecular flexibility index (Phi) is 8.28. The van der Waals surface area contributed by atoms with Crippen LogP contribution in [0.15, 0.2) is 249 Å². The summed E-state index contributed by atoms with van der Waals surface area (Å²) in [4.78, 5) is 2.65. The standard InChI is InChI=1S/C62H41NS/c1-7-21-42(22-8-1)44-35-37-55-52(39-44)61(46-25-11-3-12-26-46,47-27-13-4-14-28-47)54-41-51-50-33-19-20-34-57(50)64-60(51)58-59(54)63(55)56-38-36-45(43-23-9-2-10-24-43)40-53(56)62(58,48-29-15-5-16-30-48)49-31-17-6-18-32-49/h1-41H. The summed E-state index contributed by atoms with van der Waals surface area (Å²) in [6.45, 7) is 0. The van der Waals surface area contributed by atoms with Crippen molar-refractivity contribution in [2.45, 2.75) is 10.8 Å². The maximum Gasteiger partial charge on any atom is 0.0756 e. The third-order valence-corrected chi connectivity index (χ3v) is 15.2. The Labute approximate surface area is 377 Å². The van der Waals surface area contributed by atoms with Crippen LogP contribution in [-0.2, 0) is 10.8 Å². The molecule has 11 aromatic rings. The Morgan fingerprint density at radius 2 is 0.719 bits per heavy atom. The number of nitrogens with zero attached hydrogens (tertiary/aromatic N) is 1. The highest BCUT2D eigenvalue weighted by atomic mass is 32.1. The monoisotopic (exact) mass is 831 g/mol. The molecular weight excluding hydrogens is 791 g/mol. The second-order valence-corrected chi connectivity index (χ2v) is 18.2. The normalized spacial score (nSPS) is 14.2. The van der Waals surface area contributed by atoms with Gasteiger partial charge in [-0.3, -0.25) is 0 Å². The second kappa shape index (κ2) is 14.4. The predicted molar refractivity (Wildman–Crippen MR) is 269 cm³/mol. The van der Waals surface area contributed by atoms with Crippen molar-refractivity contribution in [3.8, 4) is 22.3 Å². The lowest BCUT2D eigenvalue weighted by Gasteiger charge is -2.53. The van der Waals surface area contributed by atoms with E-state index in [0.29, 0.717) is 0 Å². The maximum absolute atomic E-state index is 2.65. The lowest BCUT2D eigenvalue weighted by atomic mass is 9.56. The first-order valence-electron chi connectivity index (χ1n) is 22.2. The minimum atomic E-state index is -0.718. The van der Waals surface area contributed by atoms with Crippen LogP contribution in [0.1, 0.15) is 44.5 Å². The van der Waals surface area contributed by atoms with Gasteiger partial charge in [-0.05, 0) is 97.6 Å². The number of fused-ring (bicyclic) bond motifs is 8. The van der Waals surface area contributed by atoms with Crippen molar-refractivity contribution in [1.82, 2.24) is 0 Å². The van der Waals surface area contributed by atoms with Gasteiger partial charge >= 0.3 is 0 Å². The highest BCUT2D eigenvalue weighted by Crippen LogP contribution is 2.68. The van der Waals surface area contributed by atoms with Crippen LogP contribution in [0, 0.1) is 0 Å².